The highest BCUT2D eigenvalue weighted by atomic mass is 33.1. The molecular formula is C16H20N2O5S3. The Labute approximate surface area is 163 Å². The van der Waals surface area contributed by atoms with E-state index in [9.17, 15) is 18.9 Å². The van der Waals surface area contributed by atoms with Crippen molar-refractivity contribution in [2.24, 2.45) is 0 Å². The van der Waals surface area contributed by atoms with Gasteiger partial charge >= 0.3 is 5.97 Å². The van der Waals surface area contributed by atoms with E-state index < -0.39 is 29.0 Å². The number of imide groups is 1. The number of rotatable bonds is 10. The van der Waals surface area contributed by atoms with Crippen LogP contribution < -0.4 is 0 Å². The molecule has 1 aliphatic rings. The fraction of sp³-hybridized carbons (Fsp3) is 0.500. The number of carbonyl (C=O) groups excluding carboxylic acids is 3. The van der Waals surface area contributed by atoms with Gasteiger partial charge < -0.3 is 9.39 Å². The normalized spacial score (nSPS) is 16.6. The number of amides is 2. The molecule has 0 bridgehead atoms. The molecule has 0 aliphatic carbocycles. The van der Waals surface area contributed by atoms with Crippen molar-refractivity contribution in [1.82, 2.24) is 10.0 Å². The predicted molar refractivity (Wildman–Crippen MR) is 101 cm³/mol. The zero-order valence-electron chi connectivity index (χ0n) is 14.3. The third-order valence-corrected chi connectivity index (χ3v) is 7.63. The highest BCUT2D eigenvalue weighted by molar-refractivity contribution is 8.76. The molecule has 2 unspecified atom stereocenters. The summed E-state index contributed by atoms with van der Waals surface area (Å²) >= 11 is -1.16. The molecule has 1 aromatic heterocycles. The van der Waals surface area contributed by atoms with Crippen molar-refractivity contribution in [3.05, 3.63) is 24.4 Å². The lowest BCUT2D eigenvalue weighted by Crippen LogP contribution is -2.32. The number of pyridine rings is 1. The third kappa shape index (κ3) is 7.18. The average molecular weight is 417 g/mol. The monoisotopic (exact) mass is 416 g/mol. The van der Waals surface area contributed by atoms with E-state index in [1.54, 1.807) is 27.8 Å². The number of hydrogen-bond acceptors (Lipinski definition) is 8. The summed E-state index contributed by atoms with van der Waals surface area (Å²) in [5, 5.41) is 1.73. The van der Waals surface area contributed by atoms with Crippen LogP contribution in [0, 0.1) is 0 Å². The van der Waals surface area contributed by atoms with Crippen molar-refractivity contribution >= 4 is 50.5 Å². The molecule has 0 spiro atoms. The van der Waals surface area contributed by atoms with Crippen LogP contribution in [0.4, 0.5) is 0 Å². The summed E-state index contributed by atoms with van der Waals surface area (Å²) in [6, 6.07) is 5.73. The molecule has 2 heterocycles. The minimum absolute atomic E-state index is 0.0596. The van der Waals surface area contributed by atoms with Gasteiger partial charge in [-0.25, -0.2) is 9.78 Å². The van der Waals surface area contributed by atoms with Gasteiger partial charge in [-0.2, -0.15) is 0 Å². The summed E-state index contributed by atoms with van der Waals surface area (Å²) in [5.74, 6) is -1.11. The molecule has 0 radical (unpaired) electrons. The molecule has 1 aromatic rings. The highest BCUT2D eigenvalue weighted by Crippen LogP contribution is 2.34. The Morgan fingerprint density at radius 2 is 2.08 bits per heavy atom. The Morgan fingerprint density at radius 3 is 2.73 bits per heavy atom. The lowest BCUT2D eigenvalue weighted by atomic mass is 10.4. The summed E-state index contributed by atoms with van der Waals surface area (Å²) < 4.78 is 12.0. The van der Waals surface area contributed by atoms with Crippen molar-refractivity contribution < 1.29 is 23.8 Å². The van der Waals surface area contributed by atoms with Crippen molar-refractivity contribution in [1.29, 1.82) is 0 Å². The molecule has 7 nitrogen and oxygen atoms in total. The van der Waals surface area contributed by atoms with E-state index in [1.165, 1.54) is 0 Å². The standard InChI is InChI=1S/C16H20N2O5S3/c1-12(24-25-13-4-2-3-9-17-13)7-10-26(22)11-8-16(21)23-18-14(19)5-6-15(18)20/h2-4,9,12H,5-8,10-11H2,1H3. The van der Waals surface area contributed by atoms with Gasteiger partial charge in [0.25, 0.3) is 11.8 Å². The number of hydrogen-bond donors (Lipinski definition) is 0. The van der Waals surface area contributed by atoms with E-state index in [-0.39, 0.29) is 30.3 Å². The van der Waals surface area contributed by atoms with E-state index in [0.717, 1.165) is 11.4 Å². The number of carbonyl (C=O) groups is 3. The zero-order valence-corrected chi connectivity index (χ0v) is 16.7. The van der Waals surface area contributed by atoms with Crippen LogP contribution >= 0.6 is 21.6 Å². The van der Waals surface area contributed by atoms with Gasteiger partial charge in [0.1, 0.15) is 16.5 Å². The highest BCUT2D eigenvalue weighted by Gasteiger charge is 2.33. The molecular weight excluding hydrogens is 396 g/mol. The first-order valence-corrected chi connectivity index (χ1v) is 11.8. The van der Waals surface area contributed by atoms with Gasteiger partial charge in [0, 0.05) is 30.7 Å². The summed E-state index contributed by atoms with van der Waals surface area (Å²) in [5.41, 5.74) is 0. The van der Waals surface area contributed by atoms with E-state index in [0.29, 0.717) is 10.8 Å². The van der Waals surface area contributed by atoms with Gasteiger partial charge in [-0.05, 0) is 22.9 Å². The van der Waals surface area contributed by atoms with Crippen molar-refractivity contribution in [3.8, 4) is 0 Å². The summed E-state index contributed by atoms with van der Waals surface area (Å²) in [6.07, 6.45) is 2.52. The number of nitrogens with zero attached hydrogens (tertiary/aromatic N) is 2. The van der Waals surface area contributed by atoms with Crippen LogP contribution in [0.3, 0.4) is 0 Å². The maximum atomic E-state index is 12.0. The number of hydroxylamine groups is 2. The van der Waals surface area contributed by atoms with E-state index in [2.05, 4.69) is 11.9 Å². The minimum Gasteiger partial charge on any atom is -0.616 e. The molecule has 1 aliphatic heterocycles. The predicted octanol–water partition coefficient (Wildman–Crippen LogP) is 2.35. The van der Waals surface area contributed by atoms with Gasteiger partial charge in [-0.3, -0.25) is 9.59 Å². The van der Waals surface area contributed by atoms with Gasteiger partial charge in [0.05, 0.1) is 6.42 Å². The lowest BCUT2D eigenvalue weighted by Gasteiger charge is -2.15. The maximum absolute atomic E-state index is 12.0. The smallest absolute Gasteiger partial charge is 0.337 e. The Balaban J connectivity index is 1.59. The van der Waals surface area contributed by atoms with Crippen molar-refractivity contribution in [2.75, 3.05) is 11.5 Å². The Bertz CT molecular complexity index is 616. The zero-order chi connectivity index (χ0) is 18.9. The largest absolute Gasteiger partial charge is 0.616 e. The Kier molecular flexibility index (Phi) is 8.76. The van der Waals surface area contributed by atoms with E-state index in [1.807, 2.05) is 18.2 Å². The second-order valence-electron chi connectivity index (χ2n) is 5.59. The van der Waals surface area contributed by atoms with Crippen molar-refractivity contribution in [3.63, 3.8) is 0 Å². The van der Waals surface area contributed by atoms with E-state index >= 15 is 0 Å². The summed E-state index contributed by atoms with van der Waals surface area (Å²) in [7, 11) is 3.24. The fourth-order valence-electron chi connectivity index (χ4n) is 1.98. The first-order valence-electron chi connectivity index (χ1n) is 8.11. The maximum Gasteiger partial charge on any atom is 0.337 e. The van der Waals surface area contributed by atoms with Gasteiger partial charge in [-0.1, -0.05) is 35.0 Å². The van der Waals surface area contributed by atoms with Crippen LogP contribution in [0.2, 0.25) is 0 Å². The molecule has 0 N–H and O–H groups in total. The SMILES string of the molecule is CC(CC[S+]([O-])CCC(=O)ON1C(=O)CCC1=O)SSc1ccccn1. The van der Waals surface area contributed by atoms with Gasteiger partial charge in [0.15, 0.2) is 0 Å². The first-order chi connectivity index (χ1) is 12.5. The molecule has 2 atom stereocenters. The van der Waals surface area contributed by atoms with Crippen LogP contribution in [0.15, 0.2) is 29.4 Å². The third-order valence-electron chi connectivity index (χ3n) is 3.42. The molecule has 2 amide bonds. The molecule has 10 heteroatoms. The topological polar surface area (TPSA) is 99.6 Å². The molecule has 26 heavy (non-hydrogen) atoms. The molecule has 0 saturated carbocycles. The molecule has 0 aromatic carbocycles. The van der Waals surface area contributed by atoms with E-state index in [4.69, 9.17) is 4.84 Å². The lowest BCUT2D eigenvalue weighted by molar-refractivity contribution is -0.197. The molecule has 142 valence electrons. The van der Waals surface area contributed by atoms with Crippen LogP contribution in [-0.2, 0) is 30.4 Å². The quantitative estimate of drug-likeness (QED) is 0.326. The average Bonchev–Trinajstić information content (AvgIpc) is 2.95. The first kappa shape index (κ1) is 21.1. The fourth-order valence-corrected chi connectivity index (χ4v) is 5.43. The van der Waals surface area contributed by atoms with Gasteiger partial charge in [-0.15, -0.1) is 5.06 Å². The van der Waals surface area contributed by atoms with Crippen LogP contribution in [-0.4, -0.2) is 49.1 Å². The van der Waals surface area contributed by atoms with Gasteiger partial charge in [0.2, 0.25) is 0 Å². The summed E-state index contributed by atoms with van der Waals surface area (Å²) in [6.45, 7) is 2.05. The van der Waals surface area contributed by atoms with Crippen LogP contribution in [0.1, 0.15) is 32.6 Å². The Morgan fingerprint density at radius 1 is 1.35 bits per heavy atom. The second kappa shape index (κ2) is 10.8. The van der Waals surface area contributed by atoms with Crippen LogP contribution in [0.5, 0.6) is 0 Å². The number of aromatic nitrogens is 1. The molecule has 1 fully saturated rings. The molecule has 1 saturated heterocycles. The van der Waals surface area contributed by atoms with Crippen LogP contribution in [0.25, 0.3) is 0 Å². The minimum atomic E-state index is -1.16. The Hall–Kier alpha value is -1.23. The van der Waals surface area contributed by atoms with Crippen molar-refractivity contribution in [2.45, 2.75) is 42.9 Å². The molecule has 2 rings (SSSR count). The second-order valence-corrected chi connectivity index (χ2v) is 9.95. The summed E-state index contributed by atoms with van der Waals surface area (Å²) in [4.78, 5) is 43.4.